The molecule has 0 aliphatic rings. The number of aromatic nitrogens is 2. The number of hydrogen-bond acceptors (Lipinski definition) is 4. The minimum atomic E-state index is -0.463. The van der Waals surface area contributed by atoms with Crippen LogP contribution >= 0.6 is 11.6 Å². The average molecular weight is 398 g/mol. The quantitative estimate of drug-likeness (QED) is 0.634. The van der Waals surface area contributed by atoms with Crippen LogP contribution in [0.25, 0.3) is 5.69 Å². The molecule has 3 rings (SSSR count). The van der Waals surface area contributed by atoms with Crippen molar-refractivity contribution in [3.05, 3.63) is 76.6 Å². The van der Waals surface area contributed by atoms with Crippen molar-refractivity contribution in [1.82, 2.24) is 9.78 Å². The fourth-order valence-corrected chi connectivity index (χ4v) is 3.04. The Labute approximate surface area is 168 Å². The van der Waals surface area contributed by atoms with E-state index in [0.717, 1.165) is 11.4 Å². The third-order valence-electron chi connectivity index (χ3n) is 4.21. The third kappa shape index (κ3) is 4.07. The van der Waals surface area contributed by atoms with Crippen LogP contribution < -0.4 is 5.32 Å². The van der Waals surface area contributed by atoms with Gasteiger partial charge in [-0.15, -0.1) is 0 Å². The van der Waals surface area contributed by atoms with E-state index in [0.29, 0.717) is 21.8 Å². The fraction of sp³-hybridized carbons (Fsp3) is 0.190. The molecule has 0 aliphatic heterocycles. The van der Waals surface area contributed by atoms with Gasteiger partial charge in [-0.25, -0.2) is 9.48 Å². The molecule has 6 nitrogen and oxygen atoms in total. The first-order valence-corrected chi connectivity index (χ1v) is 9.12. The van der Waals surface area contributed by atoms with E-state index in [2.05, 4.69) is 10.4 Å². The Balaban J connectivity index is 1.92. The maximum atomic E-state index is 12.9. The predicted octanol–water partition coefficient (Wildman–Crippen LogP) is 4.69. The Morgan fingerprint density at radius 1 is 1.14 bits per heavy atom. The maximum absolute atomic E-state index is 12.9. The van der Waals surface area contributed by atoms with Gasteiger partial charge in [-0.2, -0.15) is 5.10 Å². The van der Waals surface area contributed by atoms with E-state index in [1.807, 2.05) is 26.0 Å². The summed E-state index contributed by atoms with van der Waals surface area (Å²) in [5.41, 5.74) is 2.93. The summed E-state index contributed by atoms with van der Waals surface area (Å²) in [4.78, 5) is 24.6. The lowest BCUT2D eigenvalue weighted by molar-refractivity contribution is 0.0600. The lowest BCUT2D eigenvalue weighted by Crippen LogP contribution is -2.16. The van der Waals surface area contributed by atoms with Crippen LogP contribution in [-0.2, 0) is 4.74 Å². The molecule has 1 aromatic heterocycles. The lowest BCUT2D eigenvalue weighted by Gasteiger charge is -2.13. The second-order valence-corrected chi connectivity index (χ2v) is 6.95. The van der Waals surface area contributed by atoms with Gasteiger partial charge in [0.25, 0.3) is 5.91 Å². The van der Waals surface area contributed by atoms with Gasteiger partial charge in [-0.1, -0.05) is 31.5 Å². The number of nitrogens with zero attached hydrogens (tertiary/aromatic N) is 2. The Kier molecular flexibility index (Phi) is 5.80. The van der Waals surface area contributed by atoms with Gasteiger partial charge in [0.05, 0.1) is 35.8 Å². The molecule has 1 N–H and O–H groups in total. The van der Waals surface area contributed by atoms with Crippen LogP contribution in [0, 0.1) is 0 Å². The van der Waals surface area contributed by atoms with Crippen LogP contribution in [0.15, 0.2) is 54.7 Å². The summed E-state index contributed by atoms with van der Waals surface area (Å²) in [7, 11) is 1.31. The Morgan fingerprint density at radius 3 is 2.50 bits per heavy atom. The van der Waals surface area contributed by atoms with Gasteiger partial charge in [-0.3, -0.25) is 4.79 Å². The molecule has 0 atom stereocenters. The van der Waals surface area contributed by atoms with Gasteiger partial charge in [-0.05, 0) is 48.4 Å². The molecule has 0 spiro atoms. The average Bonchev–Trinajstić information content (AvgIpc) is 3.13. The fourth-order valence-electron chi connectivity index (χ4n) is 2.92. The molecule has 0 aliphatic carbocycles. The van der Waals surface area contributed by atoms with E-state index in [1.165, 1.54) is 7.11 Å². The van der Waals surface area contributed by atoms with E-state index >= 15 is 0 Å². The highest BCUT2D eigenvalue weighted by atomic mass is 35.5. The summed E-state index contributed by atoms with van der Waals surface area (Å²) in [6, 6.07) is 13.8. The van der Waals surface area contributed by atoms with Crippen molar-refractivity contribution in [3.63, 3.8) is 0 Å². The topological polar surface area (TPSA) is 73.2 Å². The van der Waals surface area contributed by atoms with E-state index in [9.17, 15) is 9.59 Å². The van der Waals surface area contributed by atoms with Crippen molar-refractivity contribution >= 4 is 29.2 Å². The van der Waals surface area contributed by atoms with E-state index in [1.54, 1.807) is 47.3 Å². The minimum Gasteiger partial charge on any atom is -0.465 e. The summed E-state index contributed by atoms with van der Waals surface area (Å²) < 4.78 is 6.45. The van der Waals surface area contributed by atoms with Gasteiger partial charge >= 0.3 is 5.97 Å². The van der Waals surface area contributed by atoms with E-state index in [-0.39, 0.29) is 11.8 Å². The number of esters is 1. The SMILES string of the molecule is COC(=O)c1cccc(NC(=O)c2cnn(-c3ccc(Cl)cc3)c2C(C)C)c1. The normalized spacial score (nSPS) is 10.8. The van der Waals surface area contributed by atoms with Crippen molar-refractivity contribution in [2.24, 2.45) is 0 Å². The summed E-state index contributed by atoms with van der Waals surface area (Å²) >= 11 is 5.97. The van der Waals surface area contributed by atoms with Crippen molar-refractivity contribution in [1.29, 1.82) is 0 Å². The largest absolute Gasteiger partial charge is 0.465 e. The molecule has 0 fully saturated rings. The third-order valence-corrected chi connectivity index (χ3v) is 4.46. The second-order valence-electron chi connectivity index (χ2n) is 6.51. The number of rotatable bonds is 5. The molecule has 2 aromatic carbocycles. The van der Waals surface area contributed by atoms with Gasteiger partial charge < -0.3 is 10.1 Å². The number of ether oxygens (including phenoxy) is 1. The van der Waals surface area contributed by atoms with Gasteiger partial charge in [0.2, 0.25) is 0 Å². The Hall–Kier alpha value is -3.12. The van der Waals surface area contributed by atoms with Crippen molar-refractivity contribution in [2.75, 3.05) is 12.4 Å². The summed E-state index contributed by atoms with van der Waals surface area (Å²) in [6.45, 7) is 4.00. The number of nitrogens with one attached hydrogen (secondary N) is 1. The molecule has 0 saturated carbocycles. The molecule has 0 radical (unpaired) electrons. The summed E-state index contributed by atoms with van der Waals surface area (Å²) in [5.74, 6) is -0.708. The highest BCUT2D eigenvalue weighted by molar-refractivity contribution is 6.30. The zero-order chi connectivity index (χ0) is 20.3. The van der Waals surface area contributed by atoms with Gasteiger partial charge in [0, 0.05) is 10.7 Å². The number of carbonyl (C=O) groups is 2. The first kappa shape index (κ1) is 19.6. The van der Waals surface area contributed by atoms with Crippen LogP contribution in [0.5, 0.6) is 0 Å². The zero-order valence-corrected chi connectivity index (χ0v) is 16.5. The van der Waals surface area contributed by atoms with Crippen LogP contribution in [0.2, 0.25) is 5.02 Å². The van der Waals surface area contributed by atoms with E-state index < -0.39 is 5.97 Å². The van der Waals surface area contributed by atoms with Crippen LogP contribution in [0.3, 0.4) is 0 Å². The number of carbonyl (C=O) groups excluding carboxylic acids is 2. The number of halogens is 1. The predicted molar refractivity (Wildman–Crippen MR) is 108 cm³/mol. The first-order chi connectivity index (χ1) is 13.4. The van der Waals surface area contributed by atoms with Crippen LogP contribution in [-0.4, -0.2) is 28.8 Å². The number of hydrogen-bond donors (Lipinski definition) is 1. The molecule has 0 unspecified atom stereocenters. The van der Waals surface area contributed by atoms with Crippen molar-refractivity contribution in [2.45, 2.75) is 19.8 Å². The van der Waals surface area contributed by atoms with Crippen LogP contribution in [0.4, 0.5) is 5.69 Å². The van der Waals surface area contributed by atoms with Crippen LogP contribution in [0.1, 0.15) is 46.2 Å². The molecule has 0 bridgehead atoms. The monoisotopic (exact) mass is 397 g/mol. The van der Waals surface area contributed by atoms with Gasteiger partial charge in [0.1, 0.15) is 0 Å². The molecule has 1 amide bonds. The number of amides is 1. The standard InChI is InChI=1S/C21H20ClN3O3/c1-13(2)19-18(12-23-25(19)17-9-7-15(22)8-10-17)20(26)24-16-6-4-5-14(11-16)21(27)28-3/h4-13H,1-3H3,(H,24,26). The van der Waals surface area contributed by atoms with Crippen molar-refractivity contribution in [3.8, 4) is 5.69 Å². The highest BCUT2D eigenvalue weighted by Crippen LogP contribution is 2.25. The number of anilines is 1. The Bertz CT molecular complexity index is 1010. The zero-order valence-electron chi connectivity index (χ0n) is 15.8. The van der Waals surface area contributed by atoms with E-state index in [4.69, 9.17) is 16.3 Å². The second kappa shape index (κ2) is 8.27. The Morgan fingerprint density at radius 2 is 1.86 bits per heavy atom. The summed E-state index contributed by atoms with van der Waals surface area (Å²) in [5, 5.41) is 7.85. The molecule has 144 valence electrons. The minimum absolute atomic E-state index is 0.0559. The number of benzene rings is 2. The smallest absolute Gasteiger partial charge is 0.337 e. The number of methoxy groups -OCH3 is 1. The van der Waals surface area contributed by atoms with Crippen molar-refractivity contribution < 1.29 is 14.3 Å². The molecule has 1 heterocycles. The summed E-state index contributed by atoms with van der Waals surface area (Å²) in [6.07, 6.45) is 1.55. The lowest BCUT2D eigenvalue weighted by atomic mass is 10.0. The molecule has 7 heteroatoms. The molecular weight excluding hydrogens is 378 g/mol. The molecular formula is C21H20ClN3O3. The maximum Gasteiger partial charge on any atom is 0.337 e. The van der Waals surface area contributed by atoms with Gasteiger partial charge in [0.15, 0.2) is 0 Å². The first-order valence-electron chi connectivity index (χ1n) is 8.74. The molecule has 28 heavy (non-hydrogen) atoms. The molecule has 3 aromatic rings. The highest BCUT2D eigenvalue weighted by Gasteiger charge is 2.21. The molecule has 0 saturated heterocycles.